The Morgan fingerprint density at radius 1 is 1.17 bits per heavy atom. The summed E-state index contributed by atoms with van der Waals surface area (Å²) in [4.78, 5) is 10.7. The zero-order valence-corrected chi connectivity index (χ0v) is 13.2. The zero-order valence-electron chi connectivity index (χ0n) is 11.6. The van der Waals surface area contributed by atoms with Crippen LogP contribution >= 0.6 is 11.6 Å². The van der Waals surface area contributed by atoms with Crippen LogP contribution in [0.25, 0.3) is 0 Å². The number of esters is 1. The van der Waals surface area contributed by atoms with Gasteiger partial charge in [-0.25, -0.2) is 22.0 Å². The molecule has 0 fully saturated rings. The number of carbonyl (C=O) groups is 1. The lowest BCUT2D eigenvalue weighted by Gasteiger charge is -2.11. The largest absolute Gasteiger partial charge is 0.465 e. The van der Waals surface area contributed by atoms with E-state index >= 15 is 0 Å². The molecule has 0 saturated heterocycles. The first kappa shape index (κ1) is 17.2. The lowest BCUT2D eigenvalue weighted by molar-refractivity contribution is 0.0601. The maximum absolute atomic E-state index is 13.6. The van der Waals surface area contributed by atoms with E-state index in [0.29, 0.717) is 6.07 Å². The fourth-order valence-electron chi connectivity index (χ4n) is 1.74. The second-order valence-electron chi connectivity index (χ2n) is 4.37. The summed E-state index contributed by atoms with van der Waals surface area (Å²) in [6, 6.07) is 5.81. The molecule has 0 aromatic heterocycles. The van der Waals surface area contributed by atoms with Crippen molar-refractivity contribution >= 4 is 33.3 Å². The maximum Gasteiger partial charge on any atom is 0.337 e. The second kappa shape index (κ2) is 6.51. The van der Waals surface area contributed by atoms with E-state index in [1.807, 2.05) is 0 Å². The van der Waals surface area contributed by atoms with Crippen molar-refractivity contribution in [2.24, 2.45) is 0 Å². The minimum absolute atomic E-state index is 0.0104. The first-order chi connectivity index (χ1) is 10.7. The number of ether oxygens (including phenoxy) is 1. The smallest absolute Gasteiger partial charge is 0.337 e. The fourth-order valence-corrected chi connectivity index (χ4v) is 3.09. The summed E-state index contributed by atoms with van der Waals surface area (Å²) in [6.45, 7) is 0. The molecule has 0 aliphatic rings. The quantitative estimate of drug-likeness (QED) is 0.849. The molecule has 0 spiro atoms. The van der Waals surface area contributed by atoms with E-state index in [4.69, 9.17) is 11.6 Å². The van der Waals surface area contributed by atoms with Crippen molar-refractivity contribution < 1.29 is 26.7 Å². The molecule has 122 valence electrons. The predicted octanol–water partition coefficient (Wildman–Crippen LogP) is 3.21. The number of halogens is 3. The Morgan fingerprint density at radius 3 is 2.48 bits per heavy atom. The summed E-state index contributed by atoms with van der Waals surface area (Å²) in [5, 5.41) is -0.0104. The van der Waals surface area contributed by atoms with Crippen LogP contribution in [-0.4, -0.2) is 21.5 Å². The molecule has 5 nitrogen and oxygen atoms in total. The van der Waals surface area contributed by atoms with E-state index in [1.165, 1.54) is 12.1 Å². The van der Waals surface area contributed by atoms with E-state index in [2.05, 4.69) is 9.46 Å². The zero-order chi connectivity index (χ0) is 17.2. The topological polar surface area (TPSA) is 72.5 Å². The Morgan fingerprint density at radius 2 is 1.87 bits per heavy atom. The summed E-state index contributed by atoms with van der Waals surface area (Å²) in [7, 11) is -3.20. The molecule has 0 bridgehead atoms. The highest BCUT2D eigenvalue weighted by Crippen LogP contribution is 2.27. The van der Waals surface area contributed by atoms with Crippen molar-refractivity contribution in [1.82, 2.24) is 0 Å². The number of hydrogen-bond acceptors (Lipinski definition) is 4. The highest BCUT2D eigenvalue weighted by Gasteiger charge is 2.21. The fraction of sp³-hybridized carbons (Fsp3) is 0.0714. The van der Waals surface area contributed by atoms with Crippen LogP contribution in [0.15, 0.2) is 41.3 Å². The van der Waals surface area contributed by atoms with Crippen molar-refractivity contribution in [2.75, 3.05) is 11.8 Å². The van der Waals surface area contributed by atoms with E-state index in [0.717, 1.165) is 25.3 Å². The van der Waals surface area contributed by atoms with Gasteiger partial charge in [0.15, 0.2) is 0 Å². The van der Waals surface area contributed by atoms with Gasteiger partial charge in [0.2, 0.25) is 0 Å². The summed E-state index contributed by atoms with van der Waals surface area (Å²) in [5.74, 6) is -2.86. The Bertz CT molecular complexity index is 871. The molecule has 2 rings (SSSR count). The van der Waals surface area contributed by atoms with Gasteiger partial charge in [-0.2, -0.15) is 0 Å². The van der Waals surface area contributed by atoms with Crippen LogP contribution < -0.4 is 4.72 Å². The van der Waals surface area contributed by atoms with E-state index in [1.54, 1.807) is 0 Å². The van der Waals surface area contributed by atoms with Crippen LogP contribution in [0.5, 0.6) is 0 Å². The minimum Gasteiger partial charge on any atom is -0.465 e. The molecular formula is C14H10ClF2NO4S. The number of methoxy groups -OCH3 is 1. The minimum atomic E-state index is -4.36. The number of nitrogens with one attached hydrogen (secondary N) is 1. The van der Waals surface area contributed by atoms with Gasteiger partial charge in [0.1, 0.15) is 16.5 Å². The number of hydrogen-bond donors (Lipinski definition) is 1. The molecule has 0 amide bonds. The third-order valence-corrected chi connectivity index (χ3v) is 4.54. The molecule has 23 heavy (non-hydrogen) atoms. The molecule has 0 saturated carbocycles. The summed E-state index contributed by atoms with van der Waals surface area (Å²) in [6.07, 6.45) is 0. The van der Waals surface area contributed by atoms with Crippen LogP contribution in [0.3, 0.4) is 0 Å². The standard InChI is InChI=1S/C14H10ClF2NO4S/c1-22-14(19)8-2-4-10(15)12(6-8)18-23(20,21)13-5-3-9(16)7-11(13)17/h2-7,18H,1H3. The summed E-state index contributed by atoms with van der Waals surface area (Å²) < 4.78 is 57.5. The molecule has 9 heteroatoms. The average molecular weight is 362 g/mol. The molecule has 0 atom stereocenters. The van der Waals surface area contributed by atoms with Gasteiger partial charge >= 0.3 is 5.97 Å². The van der Waals surface area contributed by atoms with Gasteiger partial charge in [0.05, 0.1) is 23.4 Å². The van der Waals surface area contributed by atoms with Crippen molar-refractivity contribution in [3.63, 3.8) is 0 Å². The first-order valence-electron chi connectivity index (χ1n) is 6.10. The number of carbonyl (C=O) groups excluding carboxylic acids is 1. The third-order valence-electron chi connectivity index (χ3n) is 2.82. The van der Waals surface area contributed by atoms with Gasteiger partial charge in [-0.15, -0.1) is 0 Å². The third kappa shape index (κ3) is 3.77. The lowest BCUT2D eigenvalue weighted by Crippen LogP contribution is -2.15. The van der Waals surface area contributed by atoms with Crippen LogP contribution in [0.4, 0.5) is 14.5 Å². The van der Waals surface area contributed by atoms with E-state index in [-0.39, 0.29) is 16.3 Å². The predicted molar refractivity (Wildman–Crippen MR) is 80.0 cm³/mol. The molecule has 0 unspecified atom stereocenters. The Kier molecular flexibility index (Phi) is 4.86. The lowest BCUT2D eigenvalue weighted by atomic mass is 10.2. The highest BCUT2D eigenvalue weighted by molar-refractivity contribution is 7.92. The molecule has 2 aromatic carbocycles. The van der Waals surface area contributed by atoms with Gasteiger partial charge in [0.25, 0.3) is 10.0 Å². The van der Waals surface area contributed by atoms with Gasteiger partial charge in [-0.1, -0.05) is 11.6 Å². The SMILES string of the molecule is COC(=O)c1ccc(Cl)c(NS(=O)(=O)c2ccc(F)cc2F)c1. The summed E-state index contributed by atoms with van der Waals surface area (Å²) >= 11 is 5.87. The van der Waals surface area contributed by atoms with Crippen LogP contribution in [-0.2, 0) is 14.8 Å². The summed E-state index contributed by atoms with van der Waals surface area (Å²) in [5.41, 5.74) is -0.0903. The van der Waals surface area contributed by atoms with E-state index in [9.17, 15) is 22.0 Å². The van der Waals surface area contributed by atoms with Gasteiger partial charge in [0, 0.05) is 6.07 Å². The molecule has 0 aliphatic carbocycles. The highest BCUT2D eigenvalue weighted by atomic mass is 35.5. The number of rotatable bonds is 4. The second-order valence-corrected chi connectivity index (χ2v) is 6.42. The molecule has 0 heterocycles. The Balaban J connectivity index is 2.43. The molecule has 0 radical (unpaired) electrons. The Hall–Kier alpha value is -2.19. The normalized spacial score (nSPS) is 11.1. The van der Waals surface area contributed by atoms with Crippen molar-refractivity contribution in [1.29, 1.82) is 0 Å². The monoisotopic (exact) mass is 361 g/mol. The number of sulfonamides is 1. The maximum atomic E-state index is 13.6. The van der Waals surface area contributed by atoms with Crippen molar-refractivity contribution in [2.45, 2.75) is 4.90 Å². The van der Waals surface area contributed by atoms with Crippen LogP contribution in [0, 0.1) is 11.6 Å². The Labute approximate surface area is 135 Å². The molecule has 1 N–H and O–H groups in total. The van der Waals surface area contributed by atoms with Gasteiger partial charge < -0.3 is 4.74 Å². The van der Waals surface area contributed by atoms with E-state index < -0.39 is 32.5 Å². The average Bonchev–Trinajstić information content (AvgIpc) is 2.48. The van der Waals surface area contributed by atoms with Gasteiger partial charge in [-0.3, -0.25) is 4.72 Å². The van der Waals surface area contributed by atoms with Crippen LogP contribution in [0.1, 0.15) is 10.4 Å². The van der Waals surface area contributed by atoms with Crippen molar-refractivity contribution in [3.05, 3.63) is 58.6 Å². The number of benzene rings is 2. The molecule has 0 aliphatic heterocycles. The van der Waals surface area contributed by atoms with Crippen molar-refractivity contribution in [3.8, 4) is 0 Å². The first-order valence-corrected chi connectivity index (χ1v) is 7.96. The van der Waals surface area contributed by atoms with Gasteiger partial charge in [-0.05, 0) is 30.3 Å². The molecular weight excluding hydrogens is 352 g/mol. The van der Waals surface area contributed by atoms with Crippen LogP contribution in [0.2, 0.25) is 5.02 Å². The number of anilines is 1. The molecule has 2 aromatic rings.